The first-order chi connectivity index (χ1) is 34.7. The molecule has 9 aromatic rings. The first-order valence-electron chi connectivity index (χ1n) is 26.4. The lowest BCUT2D eigenvalue weighted by molar-refractivity contribution is 0.332. The molecule has 0 amide bonds. The Balaban J connectivity index is 1.15. The van der Waals surface area contributed by atoms with Gasteiger partial charge in [-0.05, 0) is 167 Å². The van der Waals surface area contributed by atoms with Gasteiger partial charge in [0.25, 0.3) is 0 Å². The highest BCUT2D eigenvalue weighted by atomic mass is 15.1. The fourth-order valence-corrected chi connectivity index (χ4v) is 13.3. The molecule has 0 aromatic heterocycles. The Bertz CT molecular complexity index is 3440. The van der Waals surface area contributed by atoms with Gasteiger partial charge < -0.3 is 4.90 Å². The summed E-state index contributed by atoms with van der Waals surface area (Å²) in [6.07, 6.45) is 4.70. The summed E-state index contributed by atoms with van der Waals surface area (Å²) in [5, 5.41) is 0. The fourth-order valence-electron chi connectivity index (χ4n) is 13.3. The van der Waals surface area contributed by atoms with Crippen LogP contribution in [0.4, 0.5) is 17.1 Å². The minimum absolute atomic E-state index is 0.0450. The number of hydrogen-bond acceptors (Lipinski definition) is 1. The van der Waals surface area contributed by atoms with E-state index in [0.29, 0.717) is 0 Å². The summed E-state index contributed by atoms with van der Waals surface area (Å²) in [5.41, 5.74) is 24.3. The fraction of sp³-hybridized carbons (Fsp3) is 0.239. The van der Waals surface area contributed by atoms with Gasteiger partial charge in [-0.2, -0.15) is 0 Å². The van der Waals surface area contributed by atoms with Gasteiger partial charge in [-0.25, -0.2) is 0 Å². The molecule has 0 bridgehead atoms. The molecule has 0 heterocycles. The van der Waals surface area contributed by atoms with Crippen LogP contribution in [0.2, 0.25) is 0 Å². The molecule has 0 N–H and O–H groups in total. The third kappa shape index (κ3) is 7.33. The second-order valence-corrected chi connectivity index (χ2v) is 23.8. The third-order valence-corrected chi connectivity index (χ3v) is 17.5. The lowest BCUT2D eigenvalue weighted by Crippen LogP contribution is -2.34. The molecule has 9 aromatic carbocycles. The number of rotatable bonds is 8. The van der Waals surface area contributed by atoms with Gasteiger partial charge in [0.05, 0.1) is 11.1 Å². The van der Waals surface area contributed by atoms with Crippen molar-refractivity contribution >= 4 is 17.1 Å². The summed E-state index contributed by atoms with van der Waals surface area (Å²) in [6, 6.07) is 80.9. The molecule has 3 aliphatic carbocycles. The molecule has 0 spiro atoms. The summed E-state index contributed by atoms with van der Waals surface area (Å²) in [7, 11) is 0. The Morgan fingerprint density at radius 3 is 1.39 bits per heavy atom. The Kier molecular flexibility index (Phi) is 10.8. The molecule has 0 fully saturated rings. The van der Waals surface area contributed by atoms with Gasteiger partial charge in [-0.15, -0.1) is 0 Å². The average Bonchev–Trinajstić information content (AvgIpc) is 3.70. The van der Waals surface area contributed by atoms with Crippen molar-refractivity contribution in [3.8, 4) is 44.5 Å². The standard InChI is InChI=1S/C71H67N/c1-67(2)41-42-69(5,6)64-45-51(35-40-61(64)67)58-46-59-57-27-18-19-29-60(57)71(52-23-14-10-15-24-52,53-25-16-11-17-26-53)63(59)47-65(58)72(54-36-31-49(32-37-54)48-21-12-9-13-22-48)55-38-33-50(34-39-55)56-28-20-30-62-66(56)70(7,8)44-43-68(62,3)4/h9-40,45-47H,41-44H2,1-8H3. The predicted octanol–water partition coefficient (Wildman–Crippen LogP) is 19.2. The molecule has 356 valence electrons. The van der Waals surface area contributed by atoms with Gasteiger partial charge in [0.15, 0.2) is 0 Å². The van der Waals surface area contributed by atoms with Crippen LogP contribution in [0.15, 0.2) is 212 Å². The van der Waals surface area contributed by atoms with Crippen molar-refractivity contribution in [2.24, 2.45) is 0 Å². The summed E-state index contributed by atoms with van der Waals surface area (Å²) < 4.78 is 0. The van der Waals surface area contributed by atoms with Gasteiger partial charge >= 0.3 is 0 Å². The molecule has 1 heteroatoms. The summed E-state index contributed by atoms with van der Waals surface area (Å²) in [5.74, 6) is 0. The van der Waals surface area contributed by atoms with Crippen LogP contribution < -0.4 is 4.90 Å². The second kappa shape index (κ2) is 17.0. The molecule has 0 radical (unpaired) electrons. The van der Waals surface area contributed by atoms with Gasteiger partial charge in [-0.3, -0.25) is 0 Å². The normalized spacial score (nSPS) is 17.2. The zero-order chi connectivity index (χ0) is 49.6. The molecule has 1 nitrogen and oxygen atoms in total. The minimum atomic E-state index is -0.566. The van der Waals surface area contributed by atoms with Crippen molar-refractivity contribution in [2.45, 2.75) is 108 Å². The maximum atomic E-state index is 2.58. The van der Waals surface area contributed by atoms with Crippen molar-refractivity contribution in [1.82, 2.24) is 0 Å². The van der Waals surface area contributed by atoms with Gasteiger partial charge in [0.2, 0.25) is 0 Å². The highest BCUT2D eigenvalue weighted by molar-refractivity contribution is 5.97. The molecule has 0 atom stereocenters. The van der Waals surface area contributed by atoms with Crippen molar-refractivity contribution in [3.05, 3.63) is 257 Å². The molecule has 0 saturated heterocycles. The number of hydrogen-bond donors (Lipinski definition) is 0. The van der Waals surface area contributed by atoms with Crippen LogP contribution >= 0.6 is 0 Å². The Hall–Kier alpha value is -7.22. The number of benzene rings is 9. The zero-order valence-corrected chi connectivity index (χ0v) is 43.5. The molecular formula is C71H67N. The van der Waals surface area contributed by atoms with E-state index in [2.05, 4.69) is 273 Å². The molecule has 0 aliphatic heterocycles. The summed E-state index contributed by atoms with van der Waals surface area (Å²) >= 11 is 0. The SMILES string of the molecule is CC1(C)CCC(C)(C)c2cc(-c3cc4c(cc3N(c3ccc(-c5ccccc5)cc3)c3ccc(-c5cccc6c5C(C)(C)CCC6(C)C)cc3)C(c3ccccc3)(c3ccccc3)c3ccccc3-4)ccc21. The van der Waals surface area contributed by atoms with E-state index >= 15 is 0 Å². The van der Waals surface area contributed by atoms with Crippen molar-refractivity contribution in [1.29, 1.82) is 0 Å². The van der Waals surface area contributed by atoms with E-state index in [4.69, 9.17) is 0 Å². The van der Waals surface area contributed by atoms with E-state index in [-0.39, 0.29) is 21.7 Å². The highest BCUT2D eigenvalue weighted by Crippen LogP contribution is 2.60. The average molecular weight is 934 g/mol. The van der Waals surface area contributed by atoms with E-state index in [1.807, 2.05) is 0 Å². The predicted molar refractivity (Wildman–Crippen MR) is 305 cm³/mol. The van der Waals surface area contributed by atoms with Gasteiger partial charge in [0.1, 0.15) is 0 Å². The largest absolute Gasteiger partial charge is 0.310 e. The van der Waals surface area contributed by atoms with Crippen LogP contribution in [-0.2, 0) is 27.1 Å². The first kappa shape index (κ1) is 45.9. The van der Waals surface area contributed by atoms with Crippen LogP contribution in [0.3, 0.4) is 0 Å². The maximum Gasteiger partial charge on any atom is 0.0714 e. The van der Waals surface area contributed by atoms with Crippen LogP contribution in [0.25, 0.3) is 44.5 Å². The topological polar surface area (TPSA) is 3.24 Å². The van der Waals surface area contributed by atoms with E-state index in [0.717, 1.165) is 23.5 Å². The first-order valence-corrected chi connectivity index (χ1v) is 26.4. The smallest absolute Gasteiger partial charge is 0.0714 e. The van der Waals surface area contributed by atoms with Crippen LogP contribution in [0.5, 0.6) is 0 Å². The zero-order valence-electron chi connectivity index (χ0n) is 43.5. The molecule has 12 rings (SSSR count). The minimum Gasteiger partial charge on any atom is -0.310 e. The lowest BCUT2D eigenvalue weighted by Gasteiger charge is -2.43. The van der Waals surface area contributed by atoms with Crippen molar-refractivity contribution in [3.63, 3.8) is 0 Å². The Labute approximate surface area is 429 Å². The number of nitrogens with zero attached hydrogens (tertiary/aromatic N) is 1. The van der Waals surface area contributed by atoms with Gasteiger partial charge in [0, 0.05) is 16.9 Å². The molecule has 0 saturated carbocycles. The van der Waals surface area contributed by atoms with E-state index in [1.54, 1.807) is 0 Å². The molecule has 0 unspecified atom stereocenters. The Morgan fingerprint density at radius 2 is 0.764 bits per heavy atom. The highest BCUT2D eigenvalue weighted by Gasteiger charge is 2.47. The lowest BCUT2D eigenvalue weighted by atomic mass is 9.61. The second-order valence-electron chi connectivity index (χ2n) is 23.8. The maximum absolute atomic E-state index is 2.58. The van der Waals surface area contributed by atoms with E-state index in [1.165, 1.54) is 108 Å². The van der Waals surface area contributed by atoms with E-state index < -0.39 is 5.41 Å². The third-order valence-electron chi connectivity index (χ3n) is 17.5. The summed E-state index contributed by atoms with van der Waals surface area (Å²) in [6.45, 7) is 19.5. The molecule has 72 heavy (non-hydrogen) atoms. The number of fused-ring (bicyclic) bond motifs is 5. The van der Waals surface area contributed by atoms with Crippen molar-refractivity contribution in [2.75, 3.05) is 4.90 Å². The van der Waals surface area contributed by atoms with Crippen LogP contribution in [0.1, 0.15) is 126 Å². The molecule has 3 aliphatic rings. The van der Waals surface area contributed by atoms with Gasteiger partial charge in [-0.1, -0.05) is 231 Å². The molecular weight excluding hydrogens is 867 g/mol. The van der Waals surface area contributed by atoms with Crippen molar-refractivity contribution < 1.29 is 0 Å². The van der Waals surface area contributed by atoms with Crippen LogP contribution in [0, 0.1) is 0 Å². The quantitative estimate of drug-likeness (QED) is 0.147. The van der Waals surface area contributed by atoms with Crippen LogP contribution in [-0.4, -0.2) is 0 Å². The monoisotopic (exact) mass is 934 g/mol. The summed E-state index contributed by atoms with van der Waals surface area (Å²) in [4.78, 5) is 2.56. The van der Waals surface area contributed by atoms with E-state index in [9.17, 15) is 0 Å². The Morgan fingerprint density at radius 1 is 0.292 bits per heavy atom. The number of anilines is 3.